The summed E-state index contributed by atoms with van der Waals surface area (Å²) in [5.74, 6) is 0. The molecule has 0 spiro atoms. The first kappa shape index (κ1) is 38.6. The molecule has 57 heavy (non-hydrogen) atoms. The van der Waals surface area contributed by atoms with E-state index in [2.05, 4.69) is 195 Å². The van der Waals surface area contributed by atoms with Crippen LogP contribution in [0.1, 0.15) is 60.2 Å². The lowest BCUT2D eigenvalue weighted by Gasteiger charge is -2.18. The molecule has 0 unspecified atom stereocenters. The van der Waals surface area contributed by atoms with Gasteiger partial charge in [0.1, 0.15) is 0 Å². The van der Waals surface area contributed by atoms with Crippen LogP contribution in [-0.4, -0.2) is 14.8 Å². The molecule has 3 heteroatoms. The van der Waals surface area contributed by atoms with Crippen LogP contribution in [0.4, 0.5) is 0 Å². The van der Waals surface area contributed by atoms with Gasteiger partial charge >= 0.3 is 0 Å². The van der Waals surface area contributed by atoms with Crippen molar-refractivity contribution in [1.29, 1.82) is 0 Å². The van der Waals surface area contributed by atoms with Crippen molar-refractivity contribution in [2.45, 2.75) is 47.5 Å². The summed E-state index contributed by atoms with van der Waals surface area (Å²) in [6.45, 7) is 18.9. The van der Waals surface area contributed by atoms with Gasteiger partial charge in [0.25, 0.3) is 0 Å². The van der Waals surface area contributed by atoms with Crippen LogP contribution in [0.15, 0.2) is 188 Å². The maximum absolute atomic E-state index is 5.51. The molecule has 8 rings (SSSR count). The first-order valence-corrected chi connectivity index (χ1v) is 20.0. The number of rotatable bonds is 10. The van der Waals surface area contributed by atoms with Gasteiger partial charge in [0.05, 0.1) is 33.6 Å². The van der Waals surface area contributed by atoms with Gasteiger partial charge in [-0.05, 0) is 111 Å². The fourth-order valence-electron chi connectivity index (χ4n) is 7.78. The minimum Gasteiger partial charge on any atom is -0.310 e. The van der Waals surface area contributed by atoms with E-state index < -0.39 is 0 Å². The van der Waals surface area contributed by atoms with Gasteiger partial charge in [0.15, 0.2) is 0 Å². The third-order valence-corrected chi connectivity index (χ3v) is 10.5. The molecule has 0 atom stereocenters. The van der Waals surface area contributed by atoms with Crippen LogP contribution < -0.4 is 0 Å². The Balaban J connectivity index is 0.00000244. The van der Waals surface area contributed by atoms with Crippen LogP contribution in [0.5, 0.6) is 0 Å². The third kappa shape index (κ3) is 7.75. The second-order valence-electron chi connectivity index (χ2n) is 14.2. The van der Waals surface area contributed by atoms with Crippen molar-refractivity contribution in [3.63, 3.8) is 0 Å². The molecule has 1 aliphatic rings. The maximum Gasteiger partial charge on any atom is 0.0725 e. The number of fused-ring (bicyclic) bond motifs is 4. The number of para-hydroxylation sites is 1. The molecule has 0 amide bonds. The fraction of sp³-hybridized carbons (Fsp3) is 0.130. The number of allylic oxidation sites excluding steroid dienone is 10. The van der Waals surface area contributed by atoms with Crippen molar-refractivity contribution < 1.29 is 0 Å². The highest BCUT2D eigenvalue weighted by Gasteiger charge is 2.20. The predicted molar refractivity (Wildman–Crippen MR) is 249 cm³/mol. The van der Waals surface area contributed by atoms with Crippen molar-refractivity contribution in [1.82, 2.24) is 9.13 Å². The summed E-state index contributed by atoms with van der Waals surface area (Å²) < 4.78 is 4.75. The summed E-state index contributed by atoms with van der Waals surface area (Å²) >= 11 is 0. The molecule has 0 saturated carbocycles. The van der Waals surface area contributed by atoms with Crippen LogP contribution in [0.25, 0.3) is 55.9 Å². The van der Waals surface area contributed by atoms with Gasteiger partial charge in [0, 0.05) is 33.1 Å². The lowest BCUT2D eigenvalue weighted by Crippen LogP contribution is -2.08. The Morgan fingerprint density at radius 2 is 1.42 bits per heavy atom. The maximum atomic E-state index is 5.51. The molecule has 0 bridgehead atoms. The Labute approximate surface area is 338 Å². The summed E-state index contributed by atoms with van der Waals surface area (Å²) in [5.41, 5.74) is 15.3. The van der Waals surface area contributed by atoms with Crippen LogP contribution in [-0.2, 0) is 0 Å². The third-order valence-electron chi connectivity index (χ3n) is 10.5. The van der Waals surface area contributed by atoms with Gasteiger partial charge in [-0.25, -0.2) is 4.99 Å². The molecule has 0 saturated heterocycles. The standard InChI is InChI=1S/C52H45N3.C2H6/c1-6-8-23-48-38(5)43-33-36(3)25-30-50(43)54(48)41-28-32-52(55-49-24-17-16-22-42(49)44-34-37(4)26-31-51(44)55)45(35-41)46(7-2)53-47(40-20-14-11-15-21-40)29-27-39-18-12-9-10-13-19-39;1-2/h6-9,11-26,28-35H,1-2,10,27H2,3-5H3;1-2H3/b23-8-,47-29-,53-46?;. The molecule has 2 heterocycles. The van der Waals surface area contributed by atoms with Gasteiger partial charge in [-0.2, -0.15) is 0 Å². The quantitative estimate of drug-likeness (QED) is 0.0984. The van der Waals surface area contributed by atoms with E-state index in [0.717, 1.165) is 69.0 Å². The van der Waals surface area contributed by atoms with Crippen LogP contribution in [0, 0.1) is 20.8 Å². The van der Waals surface area contributed by atoms with Gasteiger partial charge in [-0.15, -0.1) is 0 Å². The normalized spacial score (nSPS) is 13.2. The Bertz CT molecular complexity index is 2810. The van der Waals surface area contributed by atoms with Crippen molar-refractivity contribution in [3.8, 4) is 11.4 Å². The number of aliphatic imine (C=N–C) groups is 1. The Hall–Kier alpha value is -6.71. The second kappa shape index (κ2) is 17.4. The predicted octanol–water partition coefficient (Wildman–Crippen LogP) is 14.7. The zero-order chi connectivity index (χ0) is 39.9. The van der Waals surface area contributed by atoms with E-state index in [0.29, 0.717) is 0 Å². The van der Waals surface area contributed by atoms with Crippen LogP contribution >= 0.6 is 0 Å². The highest BCUT2D eigenvalue weighted by Crippen LogP contribution is 2.37. The molecule has 5 aromatic carbocycles. The molecule has 0 radical (unpaired) electrons. The monoisotopic (exact) mass is 741 g/mol. The average molecular weight is 742 g/mol. The van der Waals surface area contributed by atoms with E-state index in [1.807, 2.05) is 32.1 Å². The largest absolute Gasteiger partial charge is 0.310 e. The summed E-state index contributed by atoms with van der Waals surface area (Å²) in [6.07, 6.45) is 22.8. The Kier molecular flexibility index (Phi) is 11.8. The minimum atomic E-state index is 0.755. The molecule has 0 fully saturated rings. The molecular weight excluding hydrogens is 691 g/mol. The highest BCUT2D eigenvalue weighted by atomic mass is 15.0. The van der Waals surface area contributed by atoms with Crippen molar-refractivity contribution >= 4 is 50.2 Å². The first-order chi connectivity index (χ1) is 27.9. The summed E-state index contributed by atoms with van der Waals surface area (Å²) in [4.78, 5) is 5.51. The van der Waals surface area contributed by atoms with E-state index in [1.165, 1.54) is 38.4 Å². The topological polar surface area (TPSA) is 22.2 Å². The lowest BCUT2D eigenvalue weighted by atomic mass is 10.0. The van der Waals surface area contributed by atoms with Crippen LogP contribution in [0.3, 0.4) is 0 Å². The Morgan fingerprint density at radius 1 is 0.719 bits per heavy atom. The van der Waals surface area contributed by atoms with Crippen LogP contribution in [0.2, 0.25) is 0 Å². The number of benzene rings is 5. The highest BCUT2D eigenvalue weighted by molar-refractivity contribution is 6.15. The average Bonchev–Trinajstić information content (AvgIpc) is 3.54. The first-order valence-electron chi connectivity index (χ1n) is 20.0. The molecule has 7 aromatic rings. The zero-order valence-electron chi connectivity index (χ0n) is 33.8. The molecule has 0 aliphatic heterocycles. The number of aromatic nitrogens is 2. The molecule has 0 N–H and O–H groups in total. The van der Waals surface area contributed by atoms with Crippen molar-refractivity contribution in [2.75, 3.05) is 0 Å². The smallest absolute Gasteiger partial charge is 0.0725 e. The summed E-state index contributed by atoms with van der Waals surface area (Å²) in [6, 6.07) is 39.4. The molecule has 282 valence electrons. The van der Waals surface area contributed by atoms with Gasteiger partial charge < -0.3 is 9.13 Å². The van der Waals surface area contributed by atoms with Gasteiger partial charge in [0.2, 0.25) is 0 Å². The fourth-order valence-corrected chi connectivity index (χ4v) is 7.78. The second-order valence-corrected chi connectivity index (χ2v) is 14.2. The number of hydrogen-bond donors (Lipinski definition) is 0. The van der Waals surface area contributed by atoms with E-state index in [4.69, 9.17) is 4.99 Å². The SMILES string of the molecule is C=C/C=C\c1c(C)c2cc(C)ccc2n1-c1ccc(-n2c3ccccc3c3cc(C)ccc32)c(C(C=C)=N/C(=C\CC2=CC=CCC=C2)c2ccccc2)c1.CC. The van der Waals surface area contributed by atoms with Crippen molar-refractivity contribution in [3.05, 3.63) is 216 Å². The zero-order valence-corrected chi connectivity index (χ0v) is 33.8. The van der Waals surface area contributed by atoms with E-state index in [9.17, 15) is 0 Å². The number of nitrogens with zero attached hydrogens (tertiary/aromatic N) is 3. The molecule has 1 aliphatic carbocycles. The van der Waals surface area contributed by atoms with E-state index in [-0.39, 0.29) is 0 Å². The van der Waals surface area contributed by atoms with Gasteiger partial charge in [-0.3, -0.25) is 0 Å². The molecule has 2 aromatic heterocycles. The van der Waals surface area contributed by atoms with Crippen molar-refractivity contribution in [2.24, 2.45) is 4.99 Å². The summed E-state index contributed by atoms with van der Waals surface area (Å²) in [7, 11) is 0. The Morgan fingerprint density at radius 3 is 2.18 bits per heavy atom. The van der Waals surface area contributed by atoms with E-state index >= 15 is 0 Å². The summed E-state index contributed by atoms with van der Waals surface area (Å²) in [5, 5.41) is 3.68. The molecule has 3 nitrogen and oxygen atoms in total. The number of hydrogen-bond acceptors (Lipinski definition) is 1. The number of aryl methyl sites for hydroxylation is 3. The minimum absolute atomic E-state index is 0.755. The van der Waals surface area contributed by atoms with E-state index in [1.54, 1.807) is 0 Å². The lowest BCUT2D eigenvalue weighted by molar-refractivity contribution is 1.08. The molecular formula is C54H51N3. The van der Waals surface area contributed by atoms with Gasteiger partial charge in [-0.1, -0.05) is 147 Å².